The first-order valence-corrected chi connectivity index (χ1v) is 5.83. The molecule has 0 saturated carbocycles. The molecule has 3 nitrogen and oxygen atoms in total. The number of hydrogen-bond donors (Lipinski definition) is 0. The zero-order valence-corrected chi connectivity index (χ0v) is 10.0. The Kier molecular flexibility index (Phi) is 4.36. The molecule has 0 saturated heterocycles. The molecule has 92 valence electrons. The molecule has 0 aliphatic rings. The van der Waals surface area contributed by atoms with Gasteiger partial charge < -0.3 is 9.94 Å². The van der Waals surface area contributed by atoms with Crippen molar-refractivity contribution >= 4 is 6.21 Å². The lowest BCUT2D eigenvalue weighted by Crippen LogP contribution is -2.10. The van der Waals surface area contributed by atoms with E-state index in [-0.39, 0.29) is 6.61 Å². The lowest BCUT2D eigenvalue weighted by Gasteiger charge is -2.05. The molecular formula is C15H15NO2. The summed E-state index contributed by atoms with van der Waals surface area (Å²) in [6, 6.07) is 19.1. The van der Waals surface area contributed by atoms with Crippen molar-refractivity contribution in [1.29, 1.82) is 0 Å². The Labute approximate surface area is 107 Å². The molecule has 0 aliphatic carbocycles. The highest BCUT2D eigenvalue weighted by molar-refractivity contribution is 5.53. The van der Waals surface area contributed by atoms with Gasteiger partial charge in [-0.25, -0.2) is 4.74 Å². The van der Waals surface area contributed by atoms with E-state index in [2.05, 4.69) is 0 Å². The van der Waals surface area contributed by atoms with Crippen LogP contribution in [0, 0.1) is 5.21 Å². The van der Waals surface area contributed by atoms with Gasteiger partial charge in [-0.1, -0.05) is 48.5 Å². The second-order valence-electron chi connectivity index (χ2n) is 3.87. The van der Waals surface area contributed by atoms with E-state index in [9.17, 15) is 5.21 Å². The molecule has 0 spiro atoms. The fraction of sp³-hybridized carbons (Fsp3) is 0.133. The van der Waals surface area contributed by atoms with Gasteiger partial charge >= 0.3 is 0 Å². The first-order valence-electron chi connectivity index (χ1n) is 5.83. The molecule has 0 fully saturated rings. The van der Waals surface area contributed by atoms with Gasteiger partial charge in [-0.15, -0.1) is 0 Å². The van der Waals surface area contributed by atoms with E-state index in [4.69, 9.17) is 4.74 Å². The molecule has 0 radical (unpaired) electrons. The summed E-state index contributed by atoms with van der Waals surface area (Å²) in [5.41, 5.74) is 0.989. The molecule has 0 heterocycles. The quantitative estimate of drug-likeness (QED) is 0.349. The first-order chi connectivity index (χ1) is 8.84. The largest absolute Gasteiger partial charge is 0.624 e. The lowest BCUT2D eigenvalue weighted by atomic mass is 10.2. The highest BCUT2D eigenvalue weighted by Gasteiger charge is 1.97. The third kappa shape index (κ3) is 3.94. The Morgan fingerprint density at radius 2 is 1.56 bits per heavy atom. The molecule has 3 heteroatoms. The molecule has 2 aromatic carbocycles. The molecule has 0 aromatic heterocycles. The van der Waals surface area contributed by atoms with Gasteiger partial charge in [0.25, 0.3) is 0 Å². The van der Waals surface area contributed by atoms with Crippen LogP contribution in [0.4, 0.5) is 0 Å². The number of hydroxylamine groups is 1. The zero-order chi connectivity index (χ0) is 12.6. The average molecular weight is 241 g/mol. The van der Waals surface area contributed by atoms with Crippen molar-refractivity contribution in [2.24, 2.45) is 0 Å². The summed E-state index contributed by atoms with van der Waals surface area (Å²) in [5, 5.41) is 11.6. The van der Waals surface area contributed by atoms with Gasteiger partial charge in [-0.05, 0) is 12.1 Å². The number of hydrogen-bond acceptors (Lipinski definition) is 2. The van der Waals surface area contributed by atoms with Crippen LogP contribution < -0.4 is 4.74 Å². The van der Waals surface area contributed by atoms with Crippen LogP contribution in [0.2, 0.25) is 0 Å². The minimum Gasteiger partial charge on any atom is -0.624 e. The summed E-state index contributed by atoms with van der Waals surface area (Å²) in [7, 11) is 0. The molecule has 0 N–H and O–H groups in total. The molecule has 0 bridgehead atoms. The number of benzene rings is 2. The van der Waals surface area contributed by atoms with E-state index < -0.39 is 0 Å². The van der Waals surface area contributed by atoms with Gasteiger partial charge in [0.05, 0.1) is 0 Å². The Bertz CT molecular complexity index is 494. The van der Waals surface area contributed by atoms with E-state index >= 15 is 0 Å². The minimum absolute atomic E-state index is 0.278. The highest BCUT2D eigenvalue weighted by Crippen LogP contribution is 2.07. The maximum Gasteiger partial charge on any atom is 0.189 e. The van der Waals surface area contributed by atoms with Crippen molar-refractivity contribution in [3.63, 3.8) is 0 Å². The Morgan fingerprint density at radius 1 is 0.944 bits per heavy atom. The summed E-state index contributed by atoms with van der Waals surface area (Å²) in [5.74, 6) is 0.766. The predicted molar refractivity (Wildman–Crippen MR) is 71.8 cm³/mol. The van der Waals surface area contributed by atoms with Gasteiger partial charge in [0.15, 0.2) is 19.4 Å². The standard InChI is InChI=1S/C15H15NO2/c17-16(13-14-7-3-1-4-8-14)11-12-18-15-9-5-2-6-10-15/h1-11H,12-13H2. The van der Waals surface area contributed by atoms with E-state index in [0.717, 1.165) is 16.1 Å². The van der Waals surface area contributed by atoms with Crippen molar-refractivity contribution in [3.8, 4) is 5.75 Å². The maximum atomic E-state index is 11.6. The zero-order valence-electron chi connectivity index (χ0n) is 10.0. The number of nitrogens with zero attached hydrogens (tertiary/aromatic N) is 1. The topological polar surface area (TPSA) is 35.3 Å². The van der Waals surface area contributed by atoms with E-state index in [1.54, 1.807) is 0 Å². The highest BCUT2D eigenvalue weighted by atomic mass is 16.5. The van der Waals surface area contributed by atoms with Gasteiger partial charge in [-0.3, -0.25) is 0 Å². The van der Waals surface area contributed by atoms with Crippen molar-refractivity contribution in [3.05, 3.63) is 71.4 Å². The van der Waals surface area contributed by atoms with Crippen LogP contribution in [0.1, 0.15) is 5.56 Å². The van der Waals surface area contributed by atoms with Gasteiger partial charge in [-0.2, -0.15) is 0 Å². The number of para-hydroxylation sites is 1. The third-order valence-corrected chi connectivity index (χ3v) is 2.45. The van der Waals surface area contributed by atoms with Crippen LogP contribution in [0.5, 0.6) is 5.75 Å². The van der Waals surface area contributed by atoms with Crippen molar-refractivity contribution in [1.82, 2.24) is 0 Å². The average Bonchev–Trinajstić information content (AvgIpc) is 2.41. The van der Waals surface area contributed by atoms with E-state index in [1.165, 1.54) is 6.21 Å². The fourth-order valence-electron chi connectivity index (χ4n) is 1.56. The van der Waals surface area contributed by atoms with E-state index in [0.29, 0.717) is 6.54 Å². The second-order valence-corrected chi connectivity index (χ2v) is 3.87. The molecule has 2 aromatic rings. The van der Waals surface area contributed by atoms with Crippen LogP contribution in [0.25, 0.3) is 0 Å². The van der Waals surface area contributed by atoms with Crippen LogP contribution in [0.15, 0.2) is 60.7 Å². The first kappa shape index (κ1) is 12.2. The molecule has 0 unspecified atom stereocenters. The number of rotatable bonds is 5. The summed E-state index contributed by atoms with van der Waals surface area (Å²) < 4.78 is 6.30. The van der Waals surface area contributed by atoms with Crippen molar-refractivity contribution in [2.75, 3.05) is 6.61 Å². The second kappa shape index (κ2) is 6.45. The summed E-state index contributed by atoms with van der Waals surface area (Å²) in [4.78, 5) is 0. The van der Waals surface area contributed by atoms with Crippen LogP contribution in [0.3, 0.4) is 0 Å². The molecule has 0 atom stereocenters. The Morgan fingerprint density at radius 3 is 2.22 bits per heavy atom. The van der Waals surface area contributed by atoms with Gasteiger partial charge in [0.1, 0.15) is 5.75 Å². The molecule has 0 amide bonds. The fourth-order valence-corrected chi connectivity index (χ4v) is 1.56. The Hall–Kier alpha value is -2.29. The smallest absolute Gasteiger partial charge is 0.189 e. The number of ether oxygens (including phenoxy) is 1. The van der Waals surface area contributed by atoms with E-state index in [1.807, 2.05) is 60.7 Å². The van der Waals surface area contributed by atoms with Crippen molar-refractivity contribution in [2.45, 2.75) is 6.54 Å². The van der Waals surface area contributed by atoms with Crippen LogP contribution >= 0.6 is 0 Å². The summed E-state index contributed by atoms with van der Waals surface area (Å²) >= 11 is 0. The van der Waals surface area contributed by atoms with Crippen LogP contribution in [-0.2, 0) is 6.54 Å². The van der Waals surface area contributed by atoms with Crippen molar-refractivity contribution < 1.29 is 9.48 Å². The normalized spacial score (nSPS) is 11.2. The molecule has 0 aliphatic heterocycles. The summed E-state index contributed by atoms with van der Waals surface area (Å²) in [6.07, 6.45) is 1.50. The Balaban J connectivity index is 1.83. The SMILES string of the molecule is [O-][N+](=CCOc1ccccc1)Cc1ccccc1. The minimum atomic E-state index is 0.278. The third-order valence-electron chi connectivity index (χ3n) is 2.45. The van der Waals surface area contributed by atoms with Gasteiger partial charge in [0.2, 0.25) is 0 Å². The summed E-state index contributed by atoms with van der Waals surface area (Å²) in [6.45, 7) is 0.624. The predicted octanol–water partition coefficient (Wildman–Crippen LogP) is 2.85. The molecule has 2 rings (SSSR count). The monoisotopic (exact) mass is 241 g/mol. The van der Waals surface area contributed by atoms with Gasteiger partial charge in [0, 0.05) is 5.56 Å². The van der Waals surface area contributed by atoms with Crippen LogP contribution in [-0.4, -0.2) is 17.6 Å². The lowest BCUT2D eigenvalue weighted by molar-refractivity contribution is -0.471. The maximum absolute atomic E-state index is 11.6. The molecule has 18 heavy (non-hydrogen) atoms. The molecular weight excluding hydrogens is 226 g/mol.